The molecule has 8 nitrogen and oxygen atoms in total. The van der Waals surface area contributed by atoms with E-state index >= 15 is 0 Å². The molecule has 0 unspecified atom stereocenters. The van der Waals surface area contributed by atoms with Gasteiger partial charge in [0, 0.05) is 52.9 Å². The topological polar surface area (TPSA) is 97.5 Å². The van der Waals surface area contributed by atoms with Gasteiger partial charge >= 0.3 is 0 Å². The number of nitrogens with one attached hydrogen (secondary N) is 4. The summed E-state index contributed by atoms with van der Waals surface area (Å²) in [5.41, 5.74) is 7.03. The number of pyridine rings is 2. The molecule has 4 N–H and O–H groups in total. The van der Waals surface area contributed by atoms with Crippen molar-refractivity contribution in [3.8, 4) is 22.5 Å². The Hall–Kier alpha value is -3.82. The van der Waals surface area contributed by atoms with Gasteiger partial charge in [-0.05, 0) is 75.9 Å². The lowest BCUT2D eigenvalue weighted by Crippen LogP contribution is -2.27. The molecule has 1 fully saturated rings. The molecule has 190 valence electrons. The lowest BCUT2D eigenvalue weighted by atomic mass is 9.93. The van der Waals surface area contributed by atoms with E-state index < -0.39 is 0 Å². The molecule has 1 aromatic carbocycles. The minimum atomic E-state index is -0.283. The molecule has 0 radical (unpaired) electrons. The van der Waals surface area contributed by atoms with Gasteiger partial charge in [-0.1, -0.05) is 0 Å². The van der Waals surface area contributed by atoms with Crippen LogP contribution in [0.2, 0.25) is 0 Å². The van der Waals surface area contributed by atoms with E-state index in [0.29, 0.717) is 5.92 Å². The number of benzene rings is 1. The molecule has 4 aromatic heterocycles. The highest BCUT2D eigenvalue weighted by Gasteiger charge is 2.20. The second kappa shape index (κ2) is 9.91. The van der Waals surface area contributed by atoms with Crippen LogP contribution in [-0.4, -0.2) is 70.3 Å². The lowest BCUT2D eigenvalue weighted by Gasteiger charge is -2.22. The van der Waals surface area contributed by atoms with Gasteiger partial charge in [-0.15, -0.1) is 0 Å². The van der Waals surface area contributed by atoms with E-state index in [1.807, 2.05) is 26.4 Å². The summed E-state index contributed by atoms with van der Waals surface area (Å²) in [6.07, 6.45) is 7.66. The molecule has 0 spiro atoms. The number of aromatic amines is 2. The van der Waals surface area contributed by atoms with Crippen LogP contribution < -0.4 is 10.6 Å². The third-order valence-corrected chi connectivity index (χ3v) is 7.12. The zero-order valence-corrected chi connectivity index (χ0v) is 21.1. The number of nitrogens with zero attached hydrogens (tertiary/aromatic N) is 4. The summed E-state index contributed by atoms with van der Waals surface area (Å²) in [5, 5.41) is 16.5. The second-order valence-corrected chi connectivity index (χ2v) is 10.0. The van der Waals surface area contributed by atoms with Crippen molar-refractivity contribution in [2.24, 2.45) is 0 Å². The fourth-order valence-electron chi connectivity index (χ4n) is 5.16. The molecule has 0 bridgehead atoms. The first-order chi connectivity index (χ1) is 18.0. The zero-order valence-electron chi connectivity index (χ0n) is 21.1. The number of hydrogen-bond acceptors (Lipinski definition) is 6. The molecular formula is C28H31FN8. The molecule has 9 heteroatoms. The van der Waals surface area contributed by atoms with Crippen LogP contribution in [0.5, 0.6) is 0 Å². The molecule has 0 saturated carbocycles. The number of anilines is 1. The highest BCUT2D eigenvalue weighted by Crippen LogP contribution is 2.35. The molecule has 1 aliphatic heterocycles. The summed E-state index contributed by atoms with van der Waals surface area (Å²) in [6.45, 7) is 3.63. The van der Waals surface area contributed by atoms with Gasteiger partial charge in [0.05, 0.1) is 29.1 Å². The quantitative estimate of drug-likeness (QED) is 0.259. The first kappa shape index (κ1) is 23.6. The summed E-state index contributed by atoms with van der Waals surface area (Å²) in [5.74, 6) is 0.175. The van der Waals surface area contributed by atoms with Gasteiger partial charge in [0.25, 0.3) is 0 Å². The average molecular weight is 499 g/mol. The Morgan fingerprint density at radius 2 is 1.86 bits per heavy atom. The minimum absolute atomic E-state index is 0.283. The average Bonchev–Trinajstić information content (AvgIpc) is 3.52. The van der Waals surface area contributed by atoms with Gasteiger partial charge in [-0.25, -0.2) is 4.39 Å². The van der Waals surface area contributed by atoms with Crippen LogP contribution in [0.25, 0.3) is 44.3 Å². The van der Waals surface area contributed by atoms with E-state index in [4.69, 9.17) is 4.98 Å². The Morgan fingerprint density at radius 3 is 2.70 bits per heavy atom. The van der Waals surface area contributed by atoms with Gasteiger partial charge in [0.2, 0.25) is 0 Å². The number of fused-ring (bicyclic) bond motifs is 2. The Balaban J connectivity index is 1.37. The standard InChI is InChI=1S/C28H31FN8/c1-37(2)8-7-32-20-10-18(9-19(29)11-20)23-14-31-15-26-21(23)12-25(34-26)28-22-13-24(17-3-5-30-6-4-17)33-16-27(22)35-36-28/h9-17,30,32,34H,3-8H2,1-2H3,(H,35,36). The summed E-state index contributed by atoms with van der Waals surface area (Å²) in [4.78, 5) is 14.7. The number of likely N-dealkylation sites (N-methyl/N-ethyl adjacent to an activating group) is 1. The molecule has 0 atom stereocenters. The van der Waals surface area contributed by atoms with E-state index in [1.165, 1.54) is 6.07 Å². The molecule has 1 saturated heterocycles. The summed E-state index contributed by atoms with van der Waals surface area (Å²) >= 11 is 0. The van der Waals surface area contributed by atoms with Crippen molar-refractivity contribution in [1.29, 1.82) is 0 Å². The number of rotatable bonds is 7. The number of aromatic nitrogens is 5. The molecule has 0 aliphatic carbocycles. The highest BCUT2D eigenvalue weighted by molar-refractivity contribution is 6.00. The number of hydrogen-bond donors (Lipinski definition) is 4. The van der Waals surface area contributed by atoms with Crippen LogP contribution in [0.3, 0.4) is 0 Å². The van der Waals surface area contributed by atoms with Crippen molar-refractivity contribution in [3.05, 3.63) is 60.4 Å². The predicted octanol–water partition coefficient (Wildman–Crippen LogP) is 4.75. The summed E-state index contributed by atoms with van der Waals surface area (Å²) < 4.78 is 14.6. The molecule has 37 heavy (non-hydrogen) atoms. The van der Waals surface area contributed by atoms with Crippen molar-refractivity contribution in [1.82, 2.24) is 35.4 Å². The maximum Gasteiger partial charge on any atom is 0.125 e. The summed E-state index contributed by atoms with van der Waals surface area (Å²) in [6, 6.07) is 9.31. The maximum atomic E-state index is 14.6. The van der Waals surface area contributed by atoms with E-state index in [1.54, 1.807) is 18.5 Å². The van der Waals surface area contributed by atoms with Crippen LogP contribution in [0, 0.1) is 5.82 Å². The van der Waals surface area contributed by atoms with Gasteiger partial charge < -0.3 is 20.5 Å². The molecule has 5 aromatic rings. The Bertz CT molecular complexity index is 1550. The third kappa shape index (κ3) is 4.80. The fraction of sp³-hybridized carbons (Fsp3) is 0.321. The smallest absolute Gasteiger partial charge is 0.125 e. The number of halogens is 1. The van der Waals surface area contributed by atoms with E-state index in [-0.39, 0.29) is 5.82 Å². The van der Waals surface area contributed by atoms with E-state index in [9.17, 15) is 4.39 Å². The largest absolute Gasteiger partial charge is 0.384 e. The van der Waals surface area contributed by atoms with E-state index in [0.717, 1.165) is 94.7 Å². The van der Waals surface area contributed by atoms with Gasteiger partial charge in [0.1, 0.15) is 11.5 Å². The van der Waals surface area contributed by atoms with Crippen LogP contribution >= 0.6 is 0 Å². The highest BCUT2D eigenvalue weighted by atomic mass is 19.1. The van der Waals surface area contributed by atoms with Crippen LogP contribution in [0.15, 0.2) is 48.9 Å². The molecule has 6 rings (SSSR count). The van der Waals surface area contributed by atoms with Crippen molar-refractivity contribution in [3.63, 3.8) is 0 Å². The zero-order chi connectivity index (χ0) is 25.4. The Kier molecular flexibility index (Phi) is 6.31. The lowest BCUT2D eigenvalue weighted by molar-refractivity contribution is 0.425. The first-order valence-electron chi connectivity index (χ1n) is 12.8. The summed E-state index contributed by atoms with van der Waals surface area (Å²) in [7, 11) is 4.03. The number of H-pyrrole nitrogens is 2. The van der Waals surface area contributed by atoms with E-state index in [2.05, 4.69) is 47.8 Å². The minimum Gasteiger partial charge on any atom is -0.384 e. The molecule has 1 aliphatic rings. The van der Waals surface area contributed by atoms with Gasteiger partial charge in [-0.2, -0.15) is 5.10 Å². The second-order valence-electron chi connectivity index (χ2n) is 10.0. The fourth-order valence-corrected chi connectivity index (χ4v) is 5.16. The maximum absolute atomic E-state index is 14.6. The van der Waals surface area contributed by atoms with Crippen molar-refractivity contribution in [2.75, 3.05) is 45.6 Å². The van der Waals surface area contributed by atoms with Gasteiger partial charge in [0.15, 0.2) is 0 Å². The number of piperidine rings is 1. The molecule has 0 amide bonds. The Labute approximate surface area is 214 Å². The predicted molar refractivity (Wildman–Crippen MR) is 146 cm³/mol. The van der Waals surface area contributed by atoms with Crippen LogP contribution in [0.1, 0.15) is 24.5 Å². The first-order valence-corrected chi connectivity index (χ1v) is 12.8. The molecule has 5 heterocycles. The molecular weight excluding hydrogens is 467 g/mol. The monoisotopic (exact) mass is 498 g/mol. The third-order valence-electron chi connectivity index (χ3n) is 7.12. The van der Waals surface area contributed by atoms with Gasteiger partial charge in [-0.3, -0.25) is 15.1 Å². The van der Waals surface area contributed by atoms with Crippen molar-refractivity contribution in [2.45, 2.75) is 18.8 Å². The van der Waals surface area contributed by atoms with Crippen LogP contribution in [0.4, 0.5) is 10.1 Å². The normalized spacial score (nSPS) is 14.7. The van der Waals surface area contributed by atoms with Crippen molar-refractivity contribution < 1.29 is 4.39 Å². The SMILES string of the molecule is CN(C)CCNc1cc(F)cc(-c2cncc3[nH]c(-c4n[nH]c5cnc(C6CCNCC6)cc45)cc23)c1. The Morgan fingerprint density at radius 1 is 1.00 bits per heavy atom. The van der Waals surface area contributed by atoms with Crippen LogP contribution in [-0.2, 0) is 0 Å². The van der Waals surface area contributed by atoms with Crippen molar-refractivity contribution >= 4 is 27.5 Å².